The van der Waals surface area contributed by atoms with Gasteiger partial charge < -0.3 is 15.5 Å². The zero-order valence-electron chi connectivity index (χ0n) is 13.0. The van der Waals surface area contributed by atoms with Gasteiger partial charge in [-0.1, -0.05) is 24.3 Å². The Morgan fingerprint density at radius 2 is 1.64 bits per heavy atom. The first-order valence-electron chi connectivity index (χ1n) is 7.74. The molecule has 0 spiro atoms. The highest BCUT2D eigenvalue weighted by Crippen LogP contribution is 2.27. The number of rotatable bonds is 4. The van der Waals surface area contributed by atoms with Crippen LogP contribution in [0.4, 0.5) is 11.4 Å². The third-order valence-corrected chi connectivity index (χ3v) is 4.10. The minimum atomic E-state index is -0.187. The van der Waals surface area contributed by atoms with Gasteiger partial charge in [-0.25, -0.2) is 0 Å². The minimum absolute atomic E-state index is 0.0350. The van der Waals surface area contributed by atoms with Gasteiger partial charge in [0.25, 0.3) is 5.91 Å². The zero-order chi connectivity index (χ0) is 15.5. The van der Waals surface area contributed by atoms with Crippen LogP contribution in [-0.4, -0.2) is 19.0 Å². The molecule has 1 atom stereocenters. The van der Waals surface area contributed by atoms with E-state index in [0.29, 0.717) is 5.56 Å². The average Bonchev–Trinajstić information content (AvgIpc) is 2.56. The molecule has 1 aliphatic heterocycles. The smallest absolute Gasteiger partial charge is 0.255 e. The van der Waals surface area contributed by atoms with E-state index in [9.17, 15) is 4.79 Å². The molecule has 0 radical (unpaired) electrons. The molecule has 3 rings (SSSR count). The Hall–Kier alpha value is -2.49. The summed E-state index contributed by atoms with van der Waals surface area (Å²) in [6.45, 7) is 6.28. The number of benzene rings is 2. The van der Waals surface area contributed by atoms with Gasteiger partial charge in [-0.15, -0.1) is 0 Å². The third-order valence-electron chi connectivity index (χ3n) is 4.10. The molecule has 1 aliphatic rings. The van der Waals surface area contributed by atoms with Gasteiger partial charge in [-0.3, -0.25) is 4.79 Å². The molecule has 2 aromatic rings. The molecule has 0 aromatic heterocycles. The summed E-state index contributed by atoms with van der Waals surface area (Å²) in [5, 5.41) is 6.38. The second-order valence-corrected chi connectivity index (χ2v) is 5.36. The van der Waals surface area contributed by atoms with E-state index in [4.69, 9.17) is 0 Å². The predicted molar refractivity (Wildman–Crippen MR) is 90.3 cm³/mol. The third kappa shape index (κ3) is 2.64. The molecule has 2 aromatic carbocycles. The molecule has 0 bridgehead atoms. The highest BCUT2D eigenvalue weighted by Gasteiger charge is 2.23. The Bertz CT molecular complexity index is 662. The zero-order valence-corrected chi connectivity index (χ0v) is 13.0. The van der Waals surface area contributed by atoms with Crippen LogP contribution < -0.4 is 15.5 Å². The second kappa shape index (κ2) is 6.10. The largest absolute Gasteiger partial charge is 0.372 e. The fourth-order valence-corrected chi connectivity index (χ4v) is 2.84. The molecule has 0 aliphatic carbocycles. The number of nitrogens with zero attached hydrogens (tertiary/aromatic N) is 1. The number of para-hydroxylation sites is 1. The number of anilines is 2. The standard InChI is InChI=1S/C18H21N3O/c1-3-21(4-2)14-11-9-13(10-12-14)17-19-16-8-6-5-7-15(16)18(22)20-17/h5-12,17,19H,3-4H2,1-2H3,(H,20,22)/t17-/m0/s1. The predicted octanol–water partition coefficient (Wildman–Crippen LogP) is 3.39. The highest BCUT2D eigenvalue weighted by atomic mass is 16.2. The molecule has 1 amide bonds. The maximum Gasteiger partial charge on any atom is 0.255 e. The van der Waals surface area contributed by atoms with Gasteiger partial charge >= 0.3 is 0 Å². The molecule has 0 fully saturated rings. The summed E-state index contributed by atoms with van der Waals surface area (Å²) < 4.78 is 0. The van der Waals surface area contributed by atoms with E-state index in [0.717, 1.165) is 24.3 Å². The van der Waals surface area contributed by atoms with Crippen LogP contribution in [0.5, 0.6) is 0 Å². The molecule has 0 unspecified atom stereocenters. The van der Waals surface area contributed by atoms with Crippen molar-refractivity contribution in [1.82, 2.24) is 5.32 Å². The van der Waals surface area contributed by atoms with E-state index in [2.05, 4.69) is 53.6 Å². The van der Waals surface area contributed by atoms with Gasteiger partial charge in [0.05, 0.1) is 5.56 Å². The normalized spacial score (nSPS) is 16.5. The highest BCUT2D eigenvalue weighted by molar-refractivity contribution is 6.01. The number of hydrogen-bond acceptors (Lipinski definition) is 3. The lowest BCUT2D eigenvalue weighted by atomic mass is 10.1. The molecule has 0 saturated carbocycles. The fourth-order valence-electron chi connectivity index (χ4n) is 2.84. The van der Waals surface area contributed by atoms with Crippen LogP contribution in [0.3, 0.4) is 0 Å². The molecule has 22 heavy (non-hydrogen) atoms. The molecular weight excluding hydrogens is 274 g/mol. The van der Waals surface area contributed by atoms with Crippen molar-refractivity contribution < 1.29 is 4.79 Å². The molecular formula is C18H21N3O. The van der Waals surface area contributed by atoms with Crippen molar-refractivity contribution >= 4 is 17.3 Å². The SMILES string of the molecule is CCN(CC)c1ccc([C@@H]2NC(=O)c3ccccc3N2)cc1. The quantitative estimate of drug-likeness (QED) is 0.909. The Labute approximate surface area is 131 Å². The van der Waals surface area contributed by atoms with E-state index in [1.165, 1.54) is 5.69 Å². The van der Waals surface area contributed by atoms with Crippen LogP contribution in [0, 0.1) is 0 Å². The summed E-state index contributed by atoms with van der Waals surface area (Å²) in [7, 11) is 0. The maximum absolute atomic E-state index is 12.2. The Morgan fingerprint density at radius 1 is 0.955 bits per heavy atom. The van der Waals surface area contributed by atoms with Crippen LogP contribution in [0.2, 0.25) is 0 Å². The van der Waals surface area contributed by atoms with Gasteiger partial charge in [-0.05, 0) is 43.7 Å². The number of amides is 1. The lowest BCUT2D eigenvalue weighted by Crippen LogP contribution is -2.38. The van der Waals surface area contributed by atoms with E-state index < -0.39 is 0 Å². The van der Waals surface area contributed by atoms with Crippen molar-refractivity contribution in [2.75, 3.05) is 23.3 Å². The van der Waals surface area contributed by atoms with Crippen molar-refractivity contribution in [1.29, 1.82) is 0 Å². The number of fused-ring (bicyclic) bond motifs is 1. The molecule has 4 heteroatoms. The first-order chi connectivity index (χ1) is 10.7. The minimum Gasteiger partial charge on any atom is -0.372 e. The molecule has 0 saturated heterocycles. The van der Waals surface area contributed by atoms with Gasteiger partial charge in [0.15, 0.2) is 0 Å². The Kier molecular flexibility index (Phi) is 4.00. The molecule has 1 heterocycles. The Balaban J connectivity index is 1.82. The van der Waals surface area contributed by atoms with Crippen molar-refractivity contribution in [3.63, 3.8) is 0 Å². The molecule has 2 N–H and O–H groups in total. The second-order valence-electron chi connectivity index (χ2n) is 5.36. The molecule has 4 nitrogen and oxygen atoms in total. The van der Waals surface area contributed by atoms with E-state index >= 15 is 0 Å². The number of nitrogens with one attached hydrogen (secondary N) is 2. The van der Waals surface area contributed by atoms with Gasteiger partial charge in [0.1, 0.15) is 6.17 Å². The number of hydrogen-bond donors (Lipinski definition) is 2. The topological polar surface area (TPSA) is 44.4 Å². The summed E-state index contributed by atoms with van der Waals surface area (Å²) in [4.78, 5) is 14.5. The number of carbonyl (C=O) groups is 1. The van der Waals surface area contributed by atoms with E-state index in [1.54, 1.807) is 0 Å². The van der Waals surface area contributed by atoms with Crippen LogP contribution in [0.25, 0.3) is 0 Å². The summed E-state index contributed by atoms with van der Waals surface area (Å²) in [6, 6.07) is 15.9. The van der Waals surface area contributed by atoms with Crippen LogP contribution in [-0.2, 0) is 0 Å². The lowest BCUT2D eigenvalue weighted by Gasteiger charge is -2.28. The van der Waals surface area contributed by atoms with Crippen LogP contribution >= 0.6 is 0 Å². The van der Waals surface area contributed by atoms with Crippen LogP contribution in [0.15, 0.2) is 48.5 Å². The summed E-state index contributed by atoms with van der Waals surface area (Å²) in [5.41, 5.74) is 3.83. The summed E-state index contributed by atoms with van der Waals surface area (Å²) >= 11 is 0. The van der Waals surface area contributed by atoms with Crippen LogP contribution in [0.1, 0.15) is 35.9 Å². The molecule has 114 valence electrons. The fraction of sp³-hybridized carbons (Fsp3) is 0.278. The monoisotopic (exact) mass is 295 g/mol. The van der Waals surface area contributed by atoms with E-state index in [1.807, 2.05) is 24.3 Å². The summed E-state index contributed by atoms with van der Waals surface area (Å²) in [5.74, 6) is -0.0350. The average molecular weight is 295 g/mol. The van der Waals surface area contributed by atoms with Crippen molar-refractivity contribution in [3.8, 4) is 0 Å². The summed E-state index contributed by atoms with van der Waals surface area (Å²) in [6.07, 6.45) is -0.187. The van der Waals surface area contributed by atoms with Crippen molar-refractivity contribution in [2.45, 2.75) is 20.0 Å². The van der Waals surface area contributed by atoms with Gasteiger partial charge in [-0.2, -0.15) is 0 Å². The maximum atomic E-state index is 12.2. The van der Waals surface area contributed by atoms with Crippen molar-refractivity contribution in [2.24, 2.45) is 0 Å². The van der Waals surface area contributed by atoms with Gasteiger partial charge in [0, 0.05) is 24.5 Å². The number of carbonyl (C=O) groups excluding carboxylic acids is 1. The van der Waals surface area contributed by atoms with Crippen molar-refractivity contribution in [3.05, 3.63) is 59.7 Å². The lowest BCUT2D eigenvalue weighted by molar-refractivity contribution is 0.0935. The van der Waals surface area contributed by atoms with E-state index in [-0.39, 0.29) is 12.1 Å². The first kappa shape index (κ1) is 14.4. The van der Waals surface area contributed by atoms with Gasteiger partial charge in [0.2, 0.25) is 0 Å². The first-order valence-corrected chi connectivity index (χ1v) is 7.74. The Morgan fingerprint density at radius 3 is 2.32 bits per heavy atom.